The van der Waals surface area contributed by atoms with Crippen LogP contribution in [0.15, 0.2) is 18.2 Å². The standard InChI is InChI=1S/C9H8N2O6/c10-7(9(14)15)5-2-1-4(11(16)17)3-6(5)8(12)13/h1-3,7H,10H2,(H,12,13)(H,14,15)/t7-/m0/s1. The monoisotopic (exact) mass is 240 g/mol. The van der Waals surface area contributed by atoms with Crippen LogP contribution in [0.25, 0.3) is 0 Å². The van der Waals surface area contributed by atoms with Crippen molar-refractivity contribution in [3.05, 3.63) is 39.4 Å². The number of rotatable bonds is 4. The molecule has 0 saturated carbocycles. The number of aromatic carboxylic acids is 1. The third-order valence-corrected chi connectivity index (χ3v) is 2.08. The van der Waals surface area contributed by atoms with Crippen molar-refractivity contribution in [2.75, 3.05) is 0 Å². The van der Waals surface area contributed by atoms with E-state index in [2.05, 4.69) is 0 Å². The number of carboxylic acid groups (broad SMARTS) is 2. The second-order valence-electron chi connectivity index (χ2n) is 3.15. The highest BCUT2D eigenvalue weighted by atomic mass is 16.6. The van der Waals surface area contributed by atoms with Crippen molar-refractivity contribution in [1.29, 1.82) is 0 Å². The molecule has 0 aliphatic rings. The number of carboxylic acids is 2. The molecule has 90 valence electrons. The molecule has 0 spiro atoms. The number of nitro benzene ring substituents is 1. The maximum Gasteiger partial charge on any atom is 0.336 e. The van der Waals surface area contributed by atoms with Gasteiger partial charge < -0.3 is 15.9 Å². The molecule has 4 N–H and O–H groups in total. The summed E-state index contributed by atoms with van der Waals surface area (Å²) in [6, 6.07) is 1.27. The smallest absolute Gasteiger partial charge is 0.336 e. The van der Waals surface area contributed by atoms with Crippen LogP contribution in [-0.4, -0.2) is 27.1 Å². The second kappa shape index (κ2) is 4.58. The molecule has 0 radical (unpaired) electrons. The van der Waals surface area contributed by atoms with Gasteiger partial charge in [0.25, 0.3) is 5.69 Å². The van der Waals surface area contributed by atoms with Gasteiger partial charge in [0.2, 0.25) is 0 Å². The fourth-order valence-electron chi connectivity index (χ4n) is 1.25. The van der Waals surface area contributed by atoms with Crippen LogP contribution in [0.4, 0.5) is 5.69 Å². The summed E-state index contributed by atoms with van der Waals surface area (Å²) in [6.07, 6.45) is 0. The van der Waals surface area contributed by atoms with E-state index in [1.807, 2.05) is 0 Å². The Labute approximate surface area is 94.4 Å². The highest BCUT2D eigenvalue weighted by Crippen LogP contribution is 2.22. The fourth-order valence-corrected chi connectivity index (χ4v) is 1.25. The van der Waals surface area contributed by atoms with E-state index in [1.54, 1.807) is 0 Å². The summed E-state index contributed by atoms with van der Waals surface area (Å²) in [5.74, 6) is -2.89. The summed E-state index contributed by atoms with van der Waals surface area (Å²) in [5, 5.41) is 28.0. The van der Waals surface area contributed by atoms with Crippen LogP contribution in [0.5, 0.6) is 0 Å². The van der Waals surface area contributed by atoms with Crippen molar-refractivity contribution in [1.82, 2.24) is 0 Å². The van der Waals surface area contributed by atoms with Crippen LogP contribution in [0.2, 0.25) is 0 Å². The van der Waals surface area contributed by atoms with Crippen LogP contribution in [0, 0.1) is 10.1 Å². The Kier molecular flexibility index (Phi) is 3.39. The molecule has 8 heteroatoms. The number of hydrogen-bond donors (Lipinski definition) is 3. The number of nitro groups is 1. The van der Waals surface area contributed by atoms with E-state index in [0.717, 1.165) is 18.2 Å². The van der Waals surface area contributed by atoms with Gasteiger partial charge in [0.15, 0.2) is 0 Å². The molecule has 0 saturated heterocycles. The molecule has 0 heterocycles. The van der Waals surface area contributed by atoms with Gasteiger partial charge in [-0.1, -0.05) is 0 Å². The molecule has 0 amide bonds. The minimum atomic E-state index is -1.54. The number of hydrogen-bond acceptors (Lipinski definition) is 5. The molecule has 1 aromatic rings. The molecule has 0 aliphatic heterocycles. The predicted molar refractivity (Wildman–Crippen MR) is 54.6 cm³/mol. The molecular weight excluding hydrogens is 232 g/mol. The van der Waals surface area contributed by atoms with Crippen LogP contribution in [0.1, 0.15) is 22.0 Å². The molecule has 1 rings (SSSR count). The highest BCUT2D eigenvalue weighted by molar-refractivity contribution is 5.92. The van der Waals surface area contributed by atoms with Crippen molar-refractivity contribution >= 4 is 17.6 Å². The summed E-state index contributed by atoms with van der Waals surface area (Å²) in [5.41, 5.74) is 4.15. The van der Waals surface area contributed by atoms with E-state index in [9.17, 15) is 19.7 Å². The van der Waals surface area contributed by atoms with Crippen LogP contribution >= 0.6 is 0 Å². The first-order valence-corrected chi connectivity index (χ1v) is 4.34. The zero-order valence-electron chi connectivity index (χ0n) is 8.36. The average Bonchev–Trinajstić information content (AvgIpc) is 2.26. The average molecular weight is 240 g/mol. The number of carbonyl (C=O) groups is 2. The highest BCUT2D eigenvalue weighted by Gasteiger charge is 2.23. The zero-order chi connectivity index (χ0) is 13.2. The van der Waals surface area contributed by atoms with E-state index in [4.69, 9.17) is 15.9 Å². The van der Waals surface area contributed by atoms with Crippen LogP contribution in [-0.2, 0) is 4.79 Å². The van der Waals surface area contributed by atoms with Gasteiger partial charge >= 0.3 is 11.9 Å². The summed E-state index contributed by atoms with van der Waals surface area (Å²) in [7, 11) is 0. The summed E-state index contributed by atoms with van der Waals surface area (Å²) >= 11 is 0. The molecule has 1 atom stereocenters. The minimum absolute atomic E-state index is 0.185. The van der Waals surface area contributed by atoms with Gasteiger partial charge in [0, 0.05) is 12.1 Å². The Morgan fingerprint density at radius 3 is 2.35 bits per heavy atom. The minimum Gasteiger partial charge on any atom is -0.480 e. The van der Waals surface area contributed by atoms with Crippen LogP contribution < -0.4 is 5.73 Å². The Bertz CT molecular complexity index is 498. The lowest BCUT2D eigenvalue weighted by molar-refractivity contribution is -0.384. The van der Waals surface area contributed by atoms with E-state index >= 15 is 0 Å². The molecular formula is C9H8N2O6. The molecule has 0 aromatic heterocycles. The van der Waals surface area contributed by atoms with Crippen molar-refractivity contribution in [2.24, 2.45) is 5.73 Å². The van der Waals surface area contributed by atoms with Gasteiger partial charge in [-0.25, -0.2) is 4.79 Å². The quantitative estimate of drug-likeness (QED) is 0.509. The van der Waals surface area contributed by atoms with E-state index < -0.39 is 34.2 Å². The van der Waals surface area contributed by atoms with Gasteiger partial charge in [-0.05, 0) is 11.6 Å². The second-order valence-corrected chi connectivity index (χ2v) is 3.15. The molecule has 0 bridgehead atoms. The molecule has 0 fully saturated rings. The Balaban J connectivity index is 3.37. The number of nitrogens with zero attached hydrogens (tertiary/aromatic N) is 1. The first kappa shape index (κ1) is 12.6. The summed E-state index contributed by atoms with van der Waals surface area (Å²) in [4.78, 5) is 31.2. The van der Waals surface area contributed by atoms with Crippen molar-refractivity contribution < 1.29 is 24.7 Å². The number of non-ortho nitro benzene ring substituents is 1. The van der Waals surface area contributed by atoms with Crippen molar-refractivity contribution in [2.45, 2.75) is 6.04 Å². The third kappa shape index (κ3) is 2.55. The van der Waals surface area contributed by atoms with E-state index in [1.165, 1.54) is 0 Å². The Morgan fingerprint density at radius 1 is 1.35 bits per heavy atom. The van der Waals surface area contributed by atoms with Gasteiger partial charge in [-0.2, -0.15) is 0 Å². The fraction of sp³-hybridized carbons (Fsp3) is 0.111. The normalized spacial score (nSPS) is 11.8. The van der Waals surface area contributed by atoms with Gasteiger partial charge in [0.05, 0.1) is 10.5 Å². The molecule has 0 unspecified atom stereocenters. The van der Waals surface area contributed by atoms with Gasteiger partial charge in [0.1, 0.15) is 6.04 Å². The first-order valence-electron chi connectivity index (χ1n) is 4.34. The van der Waals surface area contributed by atoms with E-state index in [0.29, 0.717) is 0 Å². The summed E-state index contributed by atoms with van der Waals surface area (Å²) in [6.45, 7) is 0. The maximum absolute atomic E-state index is 10.9. The number of nitrogens with two attached hydrogens (primary N) is 1. The topological polar surface area (TPSA) is 144 Å². The molecule has 17 heavy (non-hydrogen) atoms. The third-order valence-electron chi connectivity index (χ3n) is 2.08. The van der Waals surface area contributed by atoms with Crippen molar-refractivity contribution in [3.63, 3.8) is 0 Å². The molecule has 1 aromatic carbocycles. The lowest BCUT2D eigenvalue weighted by Gasteiger charge is -2.09. The van der Waals surface area contributed by atoms with Crippen molar-refractivity contribution in [3.8, 4) is 0 Å². The lowest BCUT2D eigenvalue weighted by atomic mass is 10.0. The predicted octanol–water partition coefficient (Wildman–Crippen LogP) is 0.377. The largest absolute Gasteiger partial charge is 0.480 e. The van der Waals surface area contributed by atoms with Gasteiger partial charge in [-0.3, -0.25) is 14.9 Å². The maximum atomic E-state index is 10.9. The SMILES string of the molecule is N[C@H](C(=O)O)c1ccc([N+](=O)[O-])cc1C(=O)O. The Morgan fingerprint density at radius 2 is 1.94 bits per heavy atom. The van der Waals surface area contributed by atoms with Crippen LogP contribution in [0.3, 0.4) is 0 Å². The van der Waals surface area contributed by atoms with Gasteiger partial charge in [-0.15, -0.1) is 0 Å². The lowest BCUT2D eigenvalue weighted by Crippen LogP contribution is -2.23. The van der Waals surface area contributed by atoms with E-state index in [-0.39, 0.29) is 5.56 Å². The zero-order valence-corrected chi connectivity index (χ0v) is 8.36. The Hall–Kier alpha value is -2.48. The first-order chi connectivity index (χ1) is 7.84. The molecule has 8 nitrogen and oxygen atoms in total. The molecule has 0 aliphatic carbocycles. The number of benzene rings is 1. The number of aliphatic carboxylic acids is 1. The summed E-state index contributed by atoms with van der Waals surface area (Å²) < 4.78 is 0.